The Bertz CT molecular complexity index is 641. The molecular weight excluding hydrogens is 292 g/mol. The summed E-state index contributed by atoms with van der Waals surface area (Å²) in [5.41, 5.74) is 1.73. The van der Waals surface area contributed by atoms with Crippen LogP contribution in [0.3, 0.4) is 0 Å². The van der Waals surface area contributed by atoms with Gasteiger partial charge < -0.3 is 5.32 Å². The van der Waals surface area contributed by atoms with Crippen molar-refractivity contribution in [3.63, 3.8) is 0 Å². The number of pyridine rings is 1. The number of nitrogens with zero attached hydrogens (tertiary/aromatic N) is 5. The van der Waals surface area contributed by atoms with Crippen LogP contribution in [0.4, 0.5) is 0 Å². The molecule has 7 heteroatoms. The maximum Gasteiger partial charge on any atom is 0.271 e. The topological polar surface area (TPSA) is 75.9 Å². The molecule has 0 aromatic carbocycles. The van der Waals surface area contributed by atoms with Crippen molar-refractivity contribution >= 4 is 5.91 Å². The van der Waals surface area contributed by atoms with Crippen LogP contribution in [-0.2, 0) is 13.6 Å². The number of hydrogen-bond donors (Lipinski definition) is 1. The Morgan fingerprint density at radius 2 is 2.35 bits per heavy atom. The van der Waals surface area contributed by atoms with Gasteiger partial charge in [0.25, 0.3) is 5.91 Å². The van der Waals surface area contributed by atoms with Gasteiger partial charge in [-0.25, -0.2) is 4.68 Å². The number of rotatable bonds is 5. The Balaban J connectivity index is 1.49. The van der Waals surface area contributed by atoms with Gasteiger partial charge in [0.15, 0.2) is 0 Å². The van der Waals surface area contributed by atoms with Crippen molar-refractivity contribution in [2.24, 2.45) is 13.0 Å². The van der Waals surface area contributed by atoms with Crippen molar-refractivity contribution in [2.75, 3.05) is 19.6 Å². The van der Waals surface area contributed by atoms with Crippen molar-refractivity contribution in [1.82, 2.24) is 30.2 Å². The van der Waals surface area contributed by atoms with Gasteiger partial charge in [0.2, 0.25) is 0 Å². The molecule has 3 heterocycles. The number of carbonyl (C=O) groups is 1. The van der Waals surface area contributed by atoms with Gasteiger partial charge in [-0.2, -0.15) is 0 Å². The van der Waals surface area contributed by atoms with Crippen LogP contribution < -0.4 is 5.32 Å². The Hall–Kier alpha value is -2.28. The number of likely N-dealkylation sites (tertiary alicyclic amines) is 1. The highest BCUT2D eigenvalue weighted by atomic mass is 16.2. The van der Waals surface area contributed by atoms with E-state index in [2.05, 4.69) is 31.6 Å². The zero-order chi connectivity index (χ0) is 16.1. The predicted molar refractivity (Wildman–Crippen MR) is 85.6 cm³/mol. The first kappa shape index (κ1) is 15.6. The molecule has 1 atom stereocenters. The van der Waals surface area contributed by atoms with Gasteiger partial charge in [-0.15, -0.1) is 5.10 Å². The highest BCUT2D eigenvalue weighted by Crippen LogP contribution is 2.17. The molecule has 0 saturated carbocycles. The van der Waals surface area contributed by atoms with E-state index in [4.69, 9.17) is 0 Å². The SMILES string of the molecule is Cn1nncc1C(=O)NCC1CCCN(Cc2cccnc2)C1. The highest BCUT2D eigenvalue weighted by Gasteiger charge is 2.21. The van der Waals surface area contributed by atoms with Gasteiger partial charge in [0.1, 0.15) is 5.69 Å². The lowest BCUT2D eigenvalue weighted by Gasteiger charge is -2.32. The van der Waals surface area contributed by atoms with E-state index < -0.39 is 0 Å². The van der Waals surface area contributed by atoms with Crippen LogP contribution in [0.15, 0.2) is 30.7 Å². The molecule has 0 aliphatic carbocycles. The van der Waals surface area contributed by atoms with Crippen LogP contribution in [0, 0.1) is 5.92 Å². The van der Waals surface area contributed by atoms with Crippen molar-refractivity contribution < 1.29 is 4.79 Å². The fourth-order valence-corrected chi connectivity index (χ4v) is 3.03. The number of carbonyl (C=O) groups excluding carboxylic acids is 1. The van der Waals surface area contributed by atoms with E-state index in [1.807, 2.05) is 12.3 Å². The monoisotopic (exact) mass is 314 g/mol. The van der Waals surface area contributed by atoms with Crippen LogP contribution in [0.5, 0.6) is 0 Å². The molecule has 1 aliphatic rings. The summed E-state index contributed by atoms with van der Waals surface area (Å²) in [5, 5.41) is 10.5. The van der Waals surface area contributed by atoms with Crippen LogP contribution in [0.1, 0.15) is 28.9 Å². The number of nitrogens with one attached hydrogen (secondary N) is 1. The second kappa shape index (κ2) is 7.32. The number of piperidine rings is 1. The Kier molecular flexibility index (Phi) is 4.97. The first-order valence-electron chi connectivity index (χ1n) is 7.96. The summed E-state index contributed by atoms with van der Waals surface area (Å²) in [6.07, 6.45) is 7.51. The molecule has 1 aliphatic heterocycles. The summed E-state index contributed by atoms with van der Waals surface area (Å²) < 4.78 is 1.49. The lowest BCUT2D eigenvalue weighted by molar-refractivity contribution is 0.0921. The van der Waals surface area contributed by atoms with Gasteiger partial charge in [0.05, 0.1) is 6.20 Å². The zero-order valence-corrected chi connectivity index (χ0v) is 13.4. The minimum Gasteiger partial charge on any atom is -0.350 e. The van der Waals surface area contributed by atoms with E-state index >= 15 is 0 Å². The van der Waals surface area contributed by atoms with Gasteiger partial charge in [-0.3, -0.25) is 14.7 Å². The standard InChI is InChI=1S/C16H22N6O/c1-21-15(10-19-20-21)16(23)18-9-14-5-3-7-22(12-14)11-13-4-2-6-17-8-13/h2,4,6,8,10,14H,3,5,7,9,11-12H2,1H3,(H,18,23). The molecule has 1 saturated heterocycles. The molecule has 2 aromatic heterocycles. The summed E-state index contributed by atoms with van der Waals surface area (Å²) in [7, 11) is 1.72. The third kappa shape index (κ3) is 4.13. The highest BCUT2D eigenvalue weighted by molar-refractivity contribution is 5.92. The normalized spacial score (nSPS) is 18.7. The van der Waals surface area contributed by atoms with E-state index in [9.17, 15) is 4.79 Å². The largest absolute Gasteiger partial charge is 0.350 e. The molecule has 7 nitrogen and oxygen atoms in total. The molecule has 0 radical (unpaired) electrons. The lowest BCUT2D eigenvalue weighted by atomic mass is 9.97. The molecular formula is C16H22N6O. The quantitative estimate of drug-likeness (QED) is 0.885. The molecule has 0 spiro atoms. The molecule has 1 fully saturated rings. The average Bonchev–Trinajstić information content (AvgIpc) is 3.00. The smallest absolute Gasteiger partial charge is 0.271 e. The third-order valence-electron chi connectivity index (χ3n) is 4.23. The van der Waals surface area contributed by atoms with E-state index in [1.165, 1.54) is 16.4 Å². The summed E-state index contributed by atoms with van der Waals surface area (Å²) in [6, 6.07) is 4.08. The molecule has 3 rings (SSSR count). The zero-order valence-electron chi connectivity index (χ0n) is 13.4. The fourth-order valence-electron chi connectivity index (χ4n) is 3.03. The van der Waals surface area contributed by atoms with Crippen LogP contribution in [0.2, 0.25) is 0 Å². The molecule has 122 valence electrons. The predicted octanol–water partition coefficient (Wildman–Crippen LogP) is 0.852. The Morgan fingerprint density at radius 1 is 1.43 bits per heavy atom. The summed E-state index contributed by atoms with van der Waals surface area (Å²) in [4.78, 5) is 18.7. The van der Waals surface area contributed by atoms with Crippen molar-refractivity contribution in [3.05, 3.63) is 42.0 Å². The molecule has 2 aromatic rings. The number of aromatic nitrogens is 4. The van der Waals surface area contributed by atoms with Gasteiger partial charge >= 0.3 is 0 Å². The maximum absolute atomic E-state index is 12.1. The van der Waals surface area contributed by atoms with Gasteiger partial charge in [-0.1, -0.05) is 11.3 Å². The summed E-state index contributed by atoms with van der Waals surface area (Å²) in [6.45, 7) is 3.71. The third-order valence-corrected chi connectivity index (χ3v) is 4.23. The first-order valence-corrected chi connectivity index (χ1v) is 7.96. The van der Waals surface area contributed by atoms with Gasteiger partial charge in [-0.05, 0) is 36.9 Å². The molecule has 23 heavy (non-hydrogen) atoms. The minimum absolute atomic E-state index is 0.109. The van der Waals surface area contributed by atoms with Crippen LogP contribution >= 0.6 is 0 Å². The second-order valence-electron chi connectivity index (χ2n) is 6.06. The van der Waals surface area contributed by atoms with E-state index in [0.29, 0.717) is 18.2 Å². The average molecular weight is 314 g/mol. The summed E-state index contributed by atoms with van der Waals surface area (Å²) >= 11 is 0. The van der Waals surface area contributed by atoms with Crippen LogP contribution in [0.25, 0.3) is 0 Å². The van der Waals surface area contributed by atoms with Crippen molar-refractivity contribution in [1.29, 1.82) is 0 Å². The molecule has 1 N–H and O–H groups in total. The fraction of sp³-hybridized carbons (Fsp3) is 0.500. The van der Waals surface area contributed by atoms with Crippen molar-refractivity contribution in [3.8, 4) is 0 Å². The van der Waals surface area contributed by atoms with E-state index in [1.54, 1.807) is 13.2 Å². The number of amides is 1. The number of aryl methyl sites for hydroxylation is 1. The second-order valence-corrected chi connectivity index (χ2v) is 6.06. The Labute approximate surface area is 135 Å². The van der Waals surface area contributed by atoms with Crippen molar-refractivity contribution in [2.45, 2.75) is 19.4 Å². The van der Waals surface area contributed by atoms with Crippen LogP contribution in [-0.4, -0.2) is 50.4 Å². The number of hydrogen-bond acceptors (Lipinski definition) is 5. The maximum atomic E-state index is 12.1. The molecule has 1 amide bonds. The first-order chi connectivity index (χ1) is 11.2. The lowest BCUT2D eigenvalue weighted by Crippen LogP contribution is -2.40. The van der Waals surface area contributed by atoms with E-state index in [0.717, 1.165) is 32.5 Å². The minimum atomic E-state index is -0.109. The summed E-state index contributed by atoms with van der Waals surface area (Å²) in [5.74, 6) is 0.368. The van der Waals surface area contributed by atoms with Gasteiger partial charge in [0, 0.05) is 39.1 Å². The molecule has 0 bridgehead atoms. The van der Waals surface area contributed by atoms with E-state index in [-0.39, 0.29) is 5.91 Å². The molecule has 1 unspecified atom stereocenters. The Morgan fingerprint density at radius 3 is 3.09 bits per heavy atom.